The van der Waals surface area contributed by atoms with Crippen LogP contribution in [0.15, 0.2) is 24.7 Å². The highest BCUT2D eigenvalue weighted by Crippen LogP contribution is 2.08. The van der Waals surface area contributed by atoms with Crippen molar-refractivity contribution >= 4 is 11.7 Å². The van der Waals surface area contributed by atoms with E-state index in [1.54, 1.807) is 30.1 Å². The van der Waals surface area contributed by atoms with Crippen LogP contribution in [0.5, 0.6) is 0 Å². The number of hydrogen-bond donors (Lipinski definition) is 2. The Labute approximate surface area is 140 Å². The number of hydrogen-bond acceptors (Lipinski definition) is 7. The summed E-state index contributed by atoms with van der Waals surface area (Å²) in [7, 11) is 1.78. The van der Waals surface area contributed by atoms with Crippen LogP contribution in [-0.4, -0.2) is 77.0 Å². The van der Waals surface area contributed by atoms with E-state index in [0.29, 0.717) is 23.9 Å². The molecule has 2 aromatic heterocycles. The average molecular weight is 331 g/mol. The second-order valence-corrected chi connectivity index (χ2v) is 5.37. The predicted molar refractivity (Wildman–Crippen MR) is 88.3 cm³/mol. The number of carbonyl (C=O) groups is 1. The number of amides is 1. The maximum atomic E-state index is 12.2. The number of aromatic nitrogens is 4. The van der Waals surface area contributed by atoms with Crippen molar-refractivity contribution in [3.8, 4) is 5.82 Å². The van der Waals surface area contributed by atoms with Gasteiger partial charge in [0.15, 0.2) is 11.5 Å². The fourth-order valence-corrected chi connectivity index (χ4v) is 2.42. The third-order valence-corrected chi connectivity index (χ3v) is 3.78. The van der Waals surface area contributed by atoms with E-state index in [2.05, 4.69) is 30.6 Å². The number of morpholine rings is 1. The normalized spacial score (nSPS) is 15.2. The lowest BCUT2D eigenvalue weighted by molar-refractivity contribution is 0.0383. The van der Waals surface area contributed by atoms with Gasteiger partial charge in [-0.05, 0) is 6.07 Å². The molecule has 3 heterocycles. The Balaban J connectivity index is 1.55. The highest BCUT2D eigenvalue weighted by atomic mass is 16.5. The molecule has 3 rings (SSSR count). The summed E-state index contributed by atoms with van der Waals surface area (Å²) in [5.41, 5.74) is 0.363. The summed E-state index contributed by atoms with van der Waals surface area (Å²) in [6.45, 7) is 4.73. The van der Waals surface area contributed by atoms with Crippen molar-refractivity contribution < 1.29 is 9.53 Å². The van der Waals surface area contributed by atoms with Gasteiger partial charge in [-0.2, -0.15) is 5.10 Å². The number of carbonyl (C=O) groups excluding carboxylic acids is 1. The van der Waals surface area contributed by atoms with Crippen LogP contribution in [0.4, 0.5) is 5.82 Å². The van der Waals surface area contributed by atoms with Gasteiger partial charge in [0.1, 0.15) is 12.1 Å². The molecule has 0 spiro atoms. The Hall–Kier alpha value is -2.52. The van der Waals surface area contributed by atoms with Gasteiger partial charge in [0.2, 0.25) is 0 Å². The van der Waals surface area contributed by atoms with Crippen LogP contribution >= 0.6 is 0 Å². The lowest BCUT2D eigenvalue weighted by atomic mass is 10.4. The Kier molecular flexibility index (Phi) is 5.34. The van der Waals surface area contributed by atoms with E-state index in [9.17, 15) is 4.79 Å². The molecule has 9 nitrogen and oxygen atoms in total. The van der Waals surface area contributed by atoms with Crippen LogP contribution in [0.25, 0.3) is 5.82 Å². The molecule has 24 heavy (non-hydrogen) atoms. The van der Waals surface area contributed by atoms with Crippen molar-refractivity contribution in [2.75, 3.05) is 51.8 Å². The van der Waals surface area contributed by atoms with Crippen molar-refractivity contribution in [3.63, 3.8) is 0 Å². The van der Waals surface area contributed by atoms with Crippen LogP contribution in [0.3, 0.4) is 0 Å². The van der Waals surface area contributed by atoms with Crippen LogP contribution in [-0.2, 0) is 4.74 Å². The smallest absolute Gasteiger partial charge is 0.271 e. The van der Waals surface area contributed by atoms with Gasteiger partial charge in [0, 0.05) is 45.5 Å². The summed E-state index contributed by atoms with van der Waals surface area (Å²) in [5.74, 6) is 1.10. The van der Waals surface area contributed by atoms with Crippen molar-refractivity contribution in [1.82, 2.24) is 30.0 Å². The van der Waals surface area contributed by atoms with Crippen LogP contribution in [0.2, 0.25) is 0 Å². The van der Waals surface area contributed by atoms with E-state index in [-0.39, 0.29) is 5.91 Å². The van der Waals surface area contributed by atoms with Crippen LogP contribution in [0, 0.1) is 0 Å². The zero-order valence-electron chi connectivity index (χ0n) is 13.6. The standard InChI is InChI=1S/C15H21N7O2/c1-16-13-10-14(19-11-18-13)22-4-2-12(20-22)15(23)17-3-5-21-6-8-24-9-7-21/h2,4,10-11H,3,5-9H2,1H3,(H,17,23)(H,16,18,19). The summed E-state index contributed by atoms with van der Waals surface area (Å²) >= 11 is 0. The summed E-state index contributed by atoms with van der Waals surface area (Å²) in [6.07, 6.45) is 3.16. The van der Waals surface area contributed by atoms with Crippen molar-refractivity contribution in [2.24, 2.45) is 0 Å². The van der Waals surface area contributed by atoms with E-state index in [1.165, 1.54) is 6.33 Å². The van der Waals surface area contributed by atoms with Crippen molar-refractivity contribution in [3.05, 3.63) is 30.4 Å². The van der Waals surface area contributed by atoms with Crippen molar-refractivity contribution in [1.29, 1.82) is 0 Å². The maximum absolute atomic E-state index is 12.2. The number of nitrogens with one attached hydrogen (secondary N) is 2. The SMILES string of the molecule is CNc1cc(-n2ccc(C(=O)NCCN3CCOCC3)n2)ncn1. The molecule has 128 valence electrons. The minimum atomic E-state index is -0.190. The maximum Gasteiger partial charge on any atom is 0.271 e. The quantitative estimate of drug-likeness (QED) is 0.754. The molecular weight excluding hydrogens is 310 g/mol. The monoisotopic (exact) mass is 331 g/mol. The van der Waals surface area contributed by atoms with Gasteiger partial charge in [-0.25, -0.2) is 14.6 Å². The average Bonchev–Trinajstić information content (AvgIpc) is 3.13. The number of anilines is 1. The molecule has 1 saturated heterocycles. The first-order chi connectivity index (χ1) is 11.8. The molecule has 0 saturated carbocycles. The molecule has 1 fully saturated rings. The van der Waals surface area contributed by atoms with Gasteiger partial charge in [-0.15, -0.1) is 0 Å². The fourth-order valence-electron chi connectivity index (χ4n) is 2.42. The predicted octanol–water partition coefficient (Wildman–Crippen LogP) is -0.234. The lowest BCUT2D eigenvalue weighted by Gasteiger charge is -2.26. The molecule has 2 N–H and O–H groups in total. The van der Waals surface area contributed by atoms with Crippen LogP contribution in [0.1, 0.15) is 10.5 Å². The van der Waals surface area contributed by atoms with Gasteiger partial charge in [0.25, 0.3) is 5.91 Å². The molecule has 2 aromatic rings. The Morgan fingerprint density at radius 1 is 1.33 bits per heavy atom. The molecule has 0 atom stereocenters. The molecule has 1 aliphatic heterocycles. The van der Waals surface area contributed by atoms with Gasteiger partial charge >= 0.3 is 0 Å². The molecule has 1 amide bonds. The van der Waals surface area contributed by atoms with Gasteiger partial charge in [0.05, 0.1) is 13.2 Å². The molecule has 1 aliphatic rings. The number of nitrogens with zero attached hydrogens (tertiary/aromatic N) is 5. The summed E-state index contributed by atoms with van der Waals surface area (Å²) in [6, 6.07) is 3.43. The molecule has 0 radical (unpaired) electrons. The Bertz CT molecular complexity index is 682. The minimum absolute atomic E-state index is 0.190. The highest BCUT2D eigenvalue weighted by molar-refractivity contribution is 5.92. The fraction of sp³-hybridized carbons (Fsp3) is 0.467. The second-order valence-electron chi connectivity index (χ2n) is 5.37. The second kappa shape index (κ2) is 7.84. The summed E-state index contributed by atoms with van der Waals surface area (Å²) in [5, 5.41) is 10.1. The first-order valence-corrected chi connectivity index (χ1v) is 7.90. The Morgan fingerprint density at radius 3 is 2.96 bits per heavy atom. The first-order valence-electron chi connectivity index (χ1n) is 7.90. The van der Waals surface area contributed by atoms with E-state index < -0.39 is 0 Å². The third kappa shape index (κ3) is 4.06. The summed E-state index contributed by atoms with van der Waals surface area (Å²) in [4.78, 5) is 22.7. The van der Waals surface area contributed by atoms with E-state index >= 15 is 0 Å². The lowest BCUT2D eigenvalue weighted by Crippen LogP contribution is -2.41. The van der Waals surface area contributed by atoms with Gasteiger partial charge < -0.3 is 15.4 Å². The van der Waals surface area contributed by atoms with Crippen LogP contribution < -0.4 is 10.6 Å². The topological polar surface area (TPSA) is 97.2 Å². The molecule has 0 bridgehead atoms. The largest absolute Gasteiger partial charge is 0.379 e. The third-order valence-electron chi connectivity index (χ3n) is 3.78. The van der Waals surface area contributed by atoms with Crippen molar-refractivity contribution in [2.45, 2.75) is 0 Å². The molecular formula is C15H21N7O2. The molecule has 0 aromatic carbocycles. The van der Waals surface area contributed by atoms with Gasteiger partial charge in [-0.1, -0.05) is 0 Å². The van der Waals surface area contributed by atoms with E-state index in [0.717, 1.165) is 32.8 Å². The van der Waals surface area contributed by atoms with E-state index in [4.69, 9.17) is 4.74 Å². The molecule has 0 unspecified atom stereocenters. The van der Waals surface area contributed by atoms with E-state index in [1.807, 2.05) is 0 Å². The zero-order valence-corrected chi connectivity index (χ0v) is 13.6. The first kappa shape index (κ1) is 16.3. The Morgan fingerprint density at radius 2 is 2.17 bits per heavy atom. The molecule has 9 heteroatoms. The summed E-state index contributed by atoms with van der Waals surface area (Å²) < 4.78 is 6.86. The van der Waals surface area contributed by atoms with Gasteiger partial charge in [-0.3, -0.25) is 9.69 Å². The molecule has 0 aliphatic carbocycles. The number of rotatable bonds is 6. The number of ether oxygens (including phenoxy) is 1. The minimum Gasteiger partial charge on any atom is -0.379 e. The highest BCUT2D eigenvalue weighted by Gasteiger charge is 2.13. The zero-order chi connectivity index (χ0) is 16.8.